The summed E-state index contributed by atoms with van der Waals surface area (Å²) in [7, 11) is 0. The summed E-state index contributed by atoms with van der Waals surface area (Å²) in [6.07, 6.45) is 0. The second-order valence-electron chi connectivity index (χ2n) is 3.53. The number of nitrogens with two attached hydrogens (primary N) is 2. The first-order valence-electron chi connectivity index (χ1n) is 5.09. The van der Waals surface area contributed by atoms with E-state index in [0.29, 0.717) is 22.7 Å². The molecule has 0 fully saturated rings. The zero-order valence-electron chi connectivity index (χ0n) is 9.09. The highest BCUT2D eigenvalue weighted by molar-refractivity contribution is 5.95. The van der Waals surface area contributed by atoms with Crippen LogP contribution in [0.3, 0.4) is 0 Å². The number of carbonyl (C=O) groups excluding carboxylic acids is 1. The van der Waals surface area contributed by atoms with Crippen molar-refractivity contribution in [1.29, 1.82) is 0 Å². The fourth-order valence-electron chi connectivity index (χ4n) is 1.46. The molecule has 0 bridgehead atoms. The first-order valence-corrected chi connectivity index (χ1v) is 5.09. The molecule has 17 heavy (non-hydrogen) atoms. The largest absolute Gasteiger partial charge is 0.456 e. The maximum absolute atomic E-state index is 11.2. The van der Waals surface area contributed by atoms with Gasteiger partial charge >= 0.3 is 0 Å². The van der Waals surface area contributed by atoms with Crippen LogP contribution < -0.4 is 16.2 Å². The third kappa shape index (κ3) is 2.55. The van der Waals surface area contributed by atoms with E-state index in [-0.39, 0.29) is 0 Å². The van der Waals surface area contributed by atoms with E-state index in [1.807, 2.05) is 0 Å². The number of rotatable bonds is 3. The molecule has 4 heteroatoms. The van der Waals surface area contributed by atoms with Crippen LogP contribution in [0.15, 0.2) is 48.5 Å². The molecule has 0 aliphatic heterocycles. The average molecular weight is 228 g/mol. The van der Waals surface area contributed by atoms with Crippen LogP contribution in [-0.2, 0) is 0 Å². The van der Waals surface area contributed by atoms with Crippen LogP contribution in [0, 0.1) is 0 Å². The van der Waals surface area contributed by atoms with Gasteiger partial charge in [-0.15, -0.1) is 0 Å². The summed E-state index contributed by atoms with van der Waals surface area (Å²) in [6, 6.07) is 13.8. The van der Waals surface area contributed by atoms with Crippen LogP contribution in [0.4, 0.5) is 5.69 Å². The van der Waals surface area contributed by atoms with Crippen LogP contribution in [0.25, 0.3) is 0 Å². The lowest BCUT2D eigenvalue weighted by Crippen LogP contribution is -2.11. The molecule has 2 rings (SSSR count). The number of nitrogen functional groups attached to an aromatic ring is 1. The van der Waals surface area contributed by atoms with Crippen molar-refractivity contribution in [2.75, 3.05) is 5.73 Å². The van der Waals surface area contributed by atoms with Gasteiger partial charge in [0.15, 0.2) is 0 Å². The van der Waals surface area contributed by atoms with Gasteiger partial charge in [0.1, 0.15) is 11.5 Å². The Bertz CT molecular complexity index is 553. The second-order valence-corrected chi connectivity index (χ2v) is 3.53. The van der Waals surface area contributed by atoms with E-state index in [4.69, 9.17) is 16.2 Å². The number of ether oxygens (including phenoxy) is 1. The molecule has 0 aliphatic carbocycles. The van der Waals surface area contributed by atoms with E-state index in [0.717, 1.165) is 0 Å². The first-order chi connectivity index (χ1) is 8.16. The third-order valence-corrected chi connectivity index (χ3v) is 2.24. The molecule has 0 aromatic heterocycles. The summed E-state index contributed by atoms with van der Waals surface area (Å²) in [5.41, 5.74) is 11.8. The maximum Gasteiger partial charge on any atom is 0.252 e. The summed E-state index contributed by atoms with van der Waals surface area (Å²) in [4.78, 5) is 11.2. The van der Waals surface area contributed by atoms with Crippen LogP contribution in [0.1, 0.15) is 10.4 Å². The molecule has 0 spiro atoms. The Kier molecular flexibility index (Phi) is 2.96. The highest BCUT2D eigenvalue weighted by atomic mass is 16.5. The normalized spacial score (nSPS) is 9.88. The lowest BCUT2D eigenvalue weighted by Gasteiger charge is -2.09. The summed E-state index contributed by atoms with van der Waals surface area (Å²) >= 11 is 0. The molecule has 0 heterocycles. The zero-order valence-corrected chi connectivity index (χ0v) is 9.09. The van der Waals surface area contributed by atoms with Gasteiger partial charge in [-0.25, -0.2) is 0 Å². The molecule has 1 amide bonds. The highest BCUT2D eigenvalue weighted by Crippen LogP contribution is 2.25. The summed E-state index contributed by atoms with van der Waals surface area (Å²) < 4.78 is 5.57. The molecule has 2 aromatic rings. The number of carbonyl (C=O) groups is 1. The molecule has 0 unspecified atom stereocenters. The van der Waals surface area contributed by atoms with E-state index >= 15 is 0 Å². The number of para-hydroxylation sites is 1. The maximum atomic E-state index is 11.2. The number of hydrogen-bond donors (Lipinski definition) is 2. The van der Waals surface area contributed by atoms with Gasteiger partial charge in [-0.2, -0.15) is 0 Å². The van der Waals surface area contributed by atoms with Gasteiger partial charge in [0.25, 0.3) is 5.91 Å². The monoisotopic (exact) mass is 228 g/mol. The second kappa shape index (κ2) is 4.57. The minimum Gasteiger partial charge on any atom is -0.456 e. The molecule has 86 valence electrons. The van der Waals surface area contributed by atoms with Gasteiger partial charge in [0.2, 0.25) is 0 Å². The van der Waals surface area contributed by atoms with Crippen molar-refractivity contribution >= 4 is 11.6 Å². The van der Waals surface area contributed by atoms with E-state index in [9.17, 15) is 4.79 Å². The predicted octanol–water partition coefficient (Wildman–Crippen LogP) is 2.16. The molecule has 0 atom stereocenters. The molecule has 4 N–H and O–H groups in total. The van der Waals surface area contributed by atoms with Crippen molar-refractivity contribution < 1.29 is 9.53 Å². The van der Waals surface area contributed by atoms with Crippen molar-refractivity contribution in [1.82, 2.24) is 0 Å². The fraction of sp³-hybridized carbons (Fsp3) is 0. The number of anilines is 1. The lowest BCUT2D eigenvalue weighted by atomic mass is 10.2. The predicted molar refractivity (Wildman–Crippen MR) is 65.9 cm³/mol. The van der Waals surface area contributed by atoms with Gasteiger partial charge in [-0.3, -0.25) is 4.79 Å². The molecular formula is C13H12N2O2. The highest BCUT2D eigenvalue weighted by Gasteiger charge is 2.08. The summed E-state index contributed by atoms with van der Waals surface area (Å²) in [5.74, 6) is 0.466. The first kappa shape index (κ1) is 11.0. The van der Waals surface area contributed by atoms with Crippen molar-refractivity contribution in [2.24, 2.45) is 5.73 Å². The number of primary amides is 1. The Labute approximate surface area is 98.8 Å². The Morgan fingerprint density at radius 1 is 1.06 bits per heavy atom. The minimum absolute atomic E-state index is 0.343. The van der Waals surface area contributed by atoms with Crippen LogP contribution in [0.2, 0.25) is 0 Å². The van der Waals surface area contributed by atoms with Crippen LogP contribution in [0.5, 0.6) is 11.5 Å². The van der Waals surface area contributed by atoms with Gasteiger partial charge in [-0.1, -0.05) is 18.2 Å². The molecule has 4 nitrogen and oxygen atoms in total. The average Bonchev–Trinajstić information content (AvgIpc) is 2.29. The Morgan fingerprint density at radius 2 is 1.82 bits per heavy atom. The molecule has 0 saturated carbocycles. The van der Waals surface area contributed by atoms with Crippen LogP contribution >= 0.6 is 0 Å². The lowest BCUT2D eigenvalue weighted by molar-refractivity contribution is 0.0998. The van der Waals surface area contributed by atoms with Crippen molar-refractivity contribution in [3.8, 4) is 11.5 Å². The van der Waals surface area contributed by atoms with Gasteiger partial charge in [-0.05, 0) is 24.3 Å². The van der Waals surface area contributed by atoms with Gasteiger partial charge < -0.3 is 16.2 Å². The zero-order chi connectivity index (χ0) is 12.3. The Hall–Kier alpha value is -2.49. The molecule has 0 aliphatic rings. The Morgan fingerprint density at radius 3 is 2.53 bits per heavy atom. The van der Waals surface area contributed by atoms with E-state index < -0.39 is 5.91 Å². The quantitative estimate of drug-likeness (QED) is 0.790. The van der Waals surface area contributed by atoms with E-state index in [1.54, 1.807) is 48.5 Å². The van der Waals surface area contributed by atoms with Crippen LogP contribution in [-0.4, -0.2) is 5.91 Å². The minimum atomic E-state index is -0.524. The third-order valence-electron chi connectivity index (χ3n) is 2.24. The molecule has 0 radical (unpaired) electrons. The van der Waals surface area contributed by atoms with Gasteiger partial charge in [0, 0.05) is 11.8 Å². The van der Waals surface area contributed by atoms with E-state index in [2.05, 4.69) is 0 Å². The molecular weight excluding hydrogens is 216 g/mol. The van der Waals surface area contributed by atoms with Crippen molar-refractivity contribution in [3.63, 3.8) is 0 Å². The van der Waals surface area contributed by atoms with Crippen molar-refractivity contribution in [3.05, 3.63) is 54.1 Å². The number of hydrogen-bond acceptors (Lipinski definition) is 3. The topological polar surface area (TPSA) is 78.3 Å². The number of benzene rings is 2. The molecule has 0 saturated heterocycles. The SMILES string of the molecule is NC(=O)c1ccccc1Oc1cccc(N)c1. The smallest absolute Gasteiger partial charge is 0.252 e. The van der Waals surface area contributed by atoms with Crippen molar-refractivity contribution in [2.45, 2.75) is 0 Å². The number of amides is 1. The summed E-state index contributed by atoms with van der Waals surface area (Å²) in [6.45, 7) is 0. The summed E-state index contributed by atoms with van der Waals surface area (Å²) in [5, 5.41) is 0. The fourth-order valence-corrected chi connectivity index (χ4v) is 1.46. The van der Waals surface area contributed by atoms with E-state index in [1.165, 1.54) is 0 Å². The standard InChI is InChI=1S/C13H12N2O2/c14-9-4-3-5-10(8-9)17-12-7-2-1-6-11(12)13(15)16/h1-8H,14H2,(H2,15,16). The molecule has 2 aromatic carbocycles. The Balaban J connectivity index is 2.33. The van der Waals surface area contributed by atoms with Gasteiger partial charge in [0.05, 0.1) is 5.56 Å².